The van der Waals surface area contributed by atoms with Gasteiger partial charge >= 0.3 is 17.9 Å². The Morgan fingerprint density at radius 2 is 1.10 bits per heavy atom. The zero-order chi connectivity index (χ0) is 22.9. The lowest BCUT2D eigenvalue weighted by atomic mass is 9.86. The lowest BCUT2D eigenvalue weighted by Gasteiger charge is -2.18. The summed E-state index contributed by atoms with van der Waals surface area (Å²) < 4.78 is 0. The van der Waals surface area contributed by atoms with Gasteiger partial charge in [-0.05, 0) is 29.9 Å². The molecule has 0 aromatic heterocycles. The number of ketones is 1. The second-order valence-electron chi connectivity index (χ2n) is 6.40. The van der Waals surface area contributed by atoms with Gasteiger partial charge < -0.3 is 25.5 Å². The van der Waals surface area contributed by atoms with Gasteiger partial charge in [-0.1, -0.05) is 30.3 Å². The van der Waals surface area contributed by atoms with Crippen LogP contribution in [0.25, 0.3) is 5.57 Å². The molecule has 0 atom stereocenters. The van der Waals surface area contributed by atoms with Gasteiger partial charge in [-0.15, -0.1) is 0 Å². The molecule has 2 aromatic carbocycles. The van der Waals surface area contributed by atoms with Gasteiger partial charge in [0.25, 0.3) is 0 Å². The van der Waals surface area contributed by atoms with Crippen LogP contribution in [0.2, 0.25) is 0 Å². The largest absolute Gasteiger partial charge is 0.506 e. The summed E-state index contributed by atoms with van der Waals surface area (Å²) in [6.45, 7) is 0. The monoisotopic (exact) mass is 422 g/mol. The predicted octanol–water partition coefficient (Wildman–Crippen LogP) is 2.45. The van der Waals surface area contributed by atoms with E-state index in [2.05, 4.69) is 0 Å². The van der Waals surface area contributed by atoms with Crippen LogP contribution < -0.4 is 0 Å². The molecular weight excluding hydrogens is 408 g/mol. The van der Waals surface area contributed by atoms with Crippen LogP contribution in [-0.2, 0) is 9.59 Å². The Morgan fingerprint density at radius 1 is 0.645 bits per heavy atom. The Balaban J connectivity index is 2.45. The normalized spacial score (nSPS) is 13.0. The number of benzene rings is 2. The van der Waals surface area contributed by atoms with Gasteiger partial charge in [0.1, 0.15) is 28.2 Å². The first-order valence-electron chi connectivity index (χ1n) is 8.66. The molecule has 0 bridgehead atoms. The van der Waals surface area contributed by atoms with E-state index in [0.29, 0.717) is 0 Å². The first kappa shape index (κ1) is 21.1. The summed E-state index contributed by atoms with van der Waals surface area (Å²) in [5, 5.41) is 49.1. The molecule has 1 aliphatic rings. The van der Waals surface area contributed by atoms with Crippen molar-refractivity contribution in [2.24, 2.45) is 0 Å². The Kier molecular flexibility index (Phi) is 5.43. The summed E-state index contributed by atoms with van der Waals surface area (Å²) in [6.07, 6.45) is 3.19. The average molecular weight is 422 g/mol. The fourth-order valence-electron chi connectivity index (χ4n) is 3.14. The van der Waals surface area contributed by atoms with E-state index in [1.165, 1.54) is 30.3 Å². The molecule has 0 unspecified atom stereocenters. The molecule has 9 nitrogen and oxygen atoms in total. The van der Waals surface area contributed by atoms with Gasteiger partial charge in [0, 0.05) is 16.7 Å². The van der Waals surface area contributed by atoms with Crippen LogP contribution >= 0.6 is 0 Å². The van der Waals surface area contributed by atoms with E-state index in [1.807, 2.05) is 0 Å². The smallest absolute Gasteiger partial charge is 0.339 e. The van der Waals surface area contributed by atoms with Crippen molar-refractivity contribution in [2.75, 3.05) is 0 Å². The number of aromatic carboxylic acids is 2. The van der Waals surface area contributed by atoms with Crippen molar-refractivity contribution in [3.8, 4) is 11.5 Å². The maximum atomic E-state index is 11.9. The number of carbonyl (C=O) groups is 4. The number of rotatable bonds is 5. The number of carbonyl (C=O) groups excluding carboxylic acids is 1. The van der Waals surface area contributed by atoms with E-state index in [4.69, 9.17) is 0 Å². The minimum absolute atomic E-state index is 0.0349. The molecule has 2 aromatic rings. The number of hydrogen-bond donors (Lipinski definition) is 5. The summed E-state index contributed by atoms with van der Waals surface area (Å²) in [4.78, 5) is 46.2. The van der Waals surface area contributed by atoms with Crippen LogP contribution in [0.5, 0.6) is 11.5 Å². The predicted molar refractivity (Wildman–Crippen MR) is 106 cm³/mol. The first-order chi connectivity index (χ1) is 14.6. The summed E-state index contributed by atoms with van der Waals surface area (Å²) in [6, 6.07) is 7.53. The lowest BCUT2D eigenvalue weighted by molar-refractivity contribution is -0.134. The van der Waals surface area contributed by atoms with E-state index in [1.54, 1.807) is 0 Å². The quantitative estimate of drug-likeness (QED) is 0.454. The van der Waals surface area contributed by atoms with Gasteiger partial charge in [-0.3, -0.25) is 4.79 Å². The Hall–Kier alpha value is -4.66. The molecule has 0 heterocycles. The van der Waals surface area contributed by atoms with Crippen LogP contribution in [0.1, 0.15) is 31.8 Å². The van der Waals surface area contributed by atoms with E-state index >= 15 is 0 Å². The number of aromatic hydroxyl groups is 2. The van der Waals surface area contributed by atoms with Crippen molar-refractivity contribution in [2.45, 2.75) is 0 Å². The summed E-state index contributed by atoms with van der Waals surface area (Å²) >= 11 is 0. The van der Waals surface area contributed by atoms with Crippen LogP contribution in [0.15, 0.2) is 65.8 Å². The van der Waals surface area contributed by atoms with E-state index in [0.717, 1.165) is 24.3 Å². The molecule has 3 rings (SSSR count). The molecular formula is C22H14O9. The van der Waals surface area contributed by atoms with E-state index in [9.17, 15) is 44.7 Å². The molecule has 0 radical (unpaired) electrons. The van der Waals surface area contributed by atoms with Gasteiger partial charge in [-0.2, -0.15) is 0 Å². The van der Waals surface area contributed by atoms with Gasteiger partial charge in [0.15, 0.2) is 5.78 Å². The van der Waals surface area contributed by atoms with Crippen molar-refractivity contribution in [1.29, 1.82) is 0 Å². The third kappa shape index (κ3) is 3.79. The molecule has 9 heteroatoms. The second kappa shape index (κ2) is 7.99. The molecule has 5 N–H and O–H groups in total. The lowest BCUT2D eigenvalue weighted by Crippen LogP contribution is -2.13. The number of carboxylic acids is 3. The molecule has 0 amide bonds. The van der Waals surface area contributed by atoms with Gasteiger partial charge in [0.2, 0.25) is 0 Å². The first-order valence-corrected chi connectivity index (χ1v) is 8.66. The van der Waals surface area contributed by atoms with Crippen LogP contribution in [0.4, 0.5) is 0 Å². The topological polar surface area (TPSA) is 169 Å². The van der Waals surface area contributed by atoms with E-state index in [-0.39, 0.29) is 22.3 Å². The Bertz CT molecular complexity index is 1180. The fourth-order valence-corrected chi connectivity index (χ4v) is 3.14. The van der Waals surface area contributed by atoms with Crippen LogP contribution in [0.3, 0.4) is 0 Å². The maximum absolute atomic E-state index is 11.9. The van der Waals surface area contributed by atoms with Crippen molar-refractivity contribution >= 4 is 29.3 Å². The molecule has 1 aliphatic carbocycles. The summed E-state index contributed by atoms with van der Waals surface area (Å²) in [5.41, 5.74) is -1.81. The molecule has 0 saturated heterocycles. The number of para-hydroxylation sites is 2. The molecule has 0 saturated carbocycles. The molecule has 0 spiro atoms. The SMILES string of the molecule is O=C(O)C1=CC(=C(c2cccc(C(=O)O)c2O)c2cccc(C(=O)O)c2O)C=CC1=O. The van der Waals surface area contributed by atoms with Crippen molar-refractivity contribution in [3.05, 3.63) is 88.0 Å². The highest BCUT2D eigenvalue weighted by molar-refractivity contribution is 6.23. The van der Waals surface area contributed by atoms with Crippen molar-refractivity contribution < 1.29 is 44.7 Å². The zero-order valence-electron chi connectivity index (χ0n) is 15.6. The molecule has 0 aliphatic heterocycles. The minimum atomic E-state index is -1.52. The number of carboxylic acid groups (broad SMARTS) is 3. The third-order valence-corrected chi connectivity index (χ3v) is 4.57. The highest BCUT2D eigenvalue weighted by atomic mass is 16.4. The average Bonchev–Trinajstić information content (AvgIpc) is 2.71. The summed E-state index contributed by atoms with van der Waals surface area (Å²) in [7, 11) is 0. The van der Waals surface area contributed by atoms with E-state index < -0.39 is 51.9 Å². The maximum Gasteiger partial charge on any atom is 0.339 e. The van der Waals surface area contributed by atoms with Crippen molar-refractivity contribution in [1.82, 2.24) is 0 Å². The molecule has 156 valence electrons. The summed E-state index contributed by atoms with van der Waals surface area (Å²) in [5.74, 6) is -6.56. The highest BCUT2D eigenvalue weighted by Gasteiger charge is 2.26. The van der Waals surface area contributed by atoms with Gasteiger partial charge in [0.05, 0.1) is 0 Å². The standard InChI is InChI=1S/C22H14O9/c23-16-8-7-10(9-15(16)22(30)31)17(11-3-1-5-13(18(11)24)20(26)27)12-4-2-6-14(19(12)25)21(28)29/h1-9,24-25H,(H,26,27)(H,28,29)(H,30,31). The number of aliphatic carboxylic acids is 1. The van der Waals surface area contributed by atoms with Crippen LogP contribution in [0, 0.1) is 0 Å². The highest BCUT2D eigenvalue weighted by Crippen LogP contribution is 2.41. The Labute approximate surface area is 174 Å². The number of phenols is 2. The minimum Gasteiger partial charge on any atom is -0.506 e. The van der Waals surface area contributed by atoms with Crippen LogP contribution in [-0.4, -0.2) is 49.2 Å². The number of allylic oxidation sites excluding steroid dienone is 4. The van der Waals surface area contributed by atoms with Gasteiger partial charge in [-0.25, -0.2) is 14.4 Å². The second-order valence-corrected chi connectivity index (χ2v) is 6.40. The fraction of sp³-hybridized carbons (Fsp3) is 0. The van der Waals surface area contributed by atoms with Crippen molar-refractivity contribution in [3.63, 3.8) is 0 Å². The Morgan fingerprint density at radius 3 is 1.52 bits per heavy atom. The number of hydrogen-bond acceptors (Lipinski definition) is 6. The third-order valence-electron chi connectivity index (χ3n) is 4.57. The zero-order valence-corrected chi connectivity index (χ0v) is 15.6. The molecule has 31 heavy (non-hydrogen) atoms. The molecule has 0 fully saturated rings.